The highest BCUT2D eigenvalue weighted by Crippen LogP contribution is 2.18. The van der Waals surface area contributed by atoms with Crippen LogP contribution >= 0.6 is 0 Å². The smallest absolute Gasteiger partial charge is 0.334 e. The van der Waals surface area contributed by atoms with Gasteiger partial charge in [0.2, 0.25) is 0 Å². The maximum atomic E-state index is 12.0. The van der Waals surface area contributed by atoms with E-state index in [2.05, 4.69) is 15.0 Å². The summed E-state index contributed by atoms with van der Waals surface area (Å²) in [5, 5.41) is 21.5. The predicted octanol–water partition coefficient (Wildman–Crippen LogP) is 0.581. The Morgan fingerprint density at radius 3 is 2.32 bits per heavy atom. The maximum absolute atomic E-state index is 12.0. The number of aromatic nitrogens is 3. The van der Waals surface area contributed by atoms with Crippen LogP contribution in [0.25, 0.3) is 22.1 Å². The lowest BCUT2D eigenvalue weighted by atomic mass is 10.2. The number of pyridine rings is 3. The zero-order chi connectivity index (χ0) is 16.0. The van der Waals surface area contributed by atoms with Crippen LogP contribution in [0.15, 0.2) is 27.9 Å². The van der Waals surface area contributed by atoms with Crippen LogP contribution < -0.4 is 11.0 Å². The summed E-state index contributed by atoms with van der Waals surface area (Å²) >= 11 is 0. The number of aromatic amines is 2. The minimum atomic E-state index is -0.936. The summed E-state index contributed by atoms with van der Waals surface area (Å²) in [5.74, 6) is 0. The Kier molecular flexibility index (Phi) is 2.70. The molecule has 0 aliphatic rings. The molecule has 0 fully saturated rings. The number of H-pyrrole nitrogens is 2. The van der Waals surface area contributed by atoms with Crippen molar-refractivity contribution in [3.63, 3.8) is 0 Å². The first-order valence-corrected chi connectivity index (χ1v) is 5.77. The van der Waals surface area contributed by atoms with Crippen molar-refractivity contribution in [2.75, 3.05) is 0 Å². The third-order valence-corrected chi connectivity index (χ3v) is 3.03. The van der Waals surface area contributed by atoms with E-state index in [1.807, 2.05) is 0 Å². The fourth-order valence-corrected chi connectivity index (χ4v) is 2.02. The van der Waals surface area contributed by atoms with Crippen molar-refractivity contribution < 1.29 is 9.85 Å². The monoisotopic (exact) mass is 303 g/mol. The lowest BCUT2D eigenvalue weighted by molar-refractivity contribution is -0.386. The molecule has 3 heterocycles. The third kappa shape index (κ3) is 1.88. The first-order chi connectivity index (χ1) is 10.4. The Hall–Kier alpha value is -3.63. The van der Waals surface area contributed by atoms with E-state index in [1.54, 1.807) is 0 Å². The molecule has 0 aliphatic carbocycles. The molecule has 22 heavy (non-hydrogen) atoms. The molecule has 0 saturated heterocycles. The summed E-state index contributed by atoms with van der Waals surface area (Å²) in [5.41, 5.74) is -3.15. The summed E-state index contributed by atoms with van der Waals surface area (Å²) in [6, 6.07) is 2.16. The lowest BCUT2D eigenvalue weighted by Gasteiger charge is -2.01. The van der Waals surface area contributed by atoms with Crippen LogP contribution in [0.3, 0.4) is 0 Å². The predicted molar refractivity (Wildman–Crippen MR) is 73.8 cm³/mol. The van der Waals surface area contributed by atoms with Gasteiger partial charge >= 0.3 is 16.9 Å². The largest absolute Gasteiger partial charge is 0.340 e. The Labute approximate surface area is 118 Å². The van der Waals surface area contributed by atoms with Gasteiger partial charge < -0.3 is 9.97 Å². The molecule has 0 unspecified atom stereocenters. The van der Waals surface area contributed by atoms with Gasteiger partial charge in [0.25, 0.3) is 5.43 Å². The molecular weight excluding hydrogens is 298 g/mol. The van der Waals surface area contributed by atoms with E-state index in [0.29, 0.717) is 0 Å². The molecule has 0 atom stereocenters. The lowest BCUT2D eigenvalue weighted by Crippen LogP contribution is -2.13. The van der Waals surface area contributed by atoms with Gasteiger partial charge in [-0.2, -0.15) is 0 Å². The quantitative estimate of drug-likeness (QED) is 0.397. The zero-order valence-electron chi connectivity index (χ0n) is 10.5. The van der Waals surface area contributed by atoms with Crippen LogP contribution in [0.1, 0.15) is 0 Å². The Bertz CT molecular complexity index is 1080. The van der Waals surface area contributed by atoms with Crippen LogP contribution in [-0.4, -0.2) is 24.8 Å². The standard InChI is InChI=1S/C11H5N5O6/c17-8-5-1-4-2-6(15(19)20)11(18)14-9(4)13-10(5)12-3-7(8)16(21)22/h1-3H,(H2,12,13,14,17,18). The minimum absolute atomic E-state index is 0.0209. The van der Waals surface area contributed by atoms with Gasteiger partial charge in [-0.1, -0.05) is 0 Å². The SMILES string of the molecule is O=c1[nH]c2nc3[nH]cc([N+](=O)[O-])c(=O)c3cc2cc1[N+](=O)[O-]. The van der Waals surface area contributed by atoms with Gasteiger partial charge in [-0.05, 0) is 6.07 Å². The molecular formula is C11H5N5O6. The maximum Gasteiger partial charge on any atom is 0.334 e. The summed E-state index contributed by atoms with van der Waals surface area (Å²) in [4.78, 5) is 51.9. The highest BCUT2D eigenvalue weighted by Gasteiger charge is 2.18. The van der Waals surface area contributed by atoms with Crippen molar-refractivity contribution in [1.29, 1.82) is 0 Å². The average molecular weight is 303 g/mol. The summed E-state index contributed by atoms with van der Waals surface area (Å²) in [6.07, 6.45) is 0.896. The van der Waals surface area contributed by atoms with E-state index in [0.717, 1.165) is 12.3 Å². The molecule has 11 heteroatoms. The molecule has 0 amide bonds. The Morgan fingerprint density at radius 1 is 1.00 bits per heavy atom. The van der Waals surface area contributed by atoms with Crippen LogP contribution in [0.5, 0.6) is 0 Å². The molecule has 0 aliphatic heterocycles. The van der Waals surface area contributed by atoms with Crippen LogP contribution in [0, 0.1) is 20.2 Å². The van der Waals surface area contributed by atoms with Gasteiger partial charge in [0.1, 0.15) is 11.3 Å². The van der Waals surface area contributed by atoms with E-state index in [1.165, 1.54) is 6.07 Å². The zero-order valence-corrected chi connectivity index (χ0v) is 10.5. The average Bonchev–Trinajstić information content (AvgIpc) is 2.44. The van der Waals surface area contributed by atoms with Crippen molar-refractivity contribution in [2.24, 2.45) is 0 Å². The van der Waals surface area contributed by atoms with Gasteiger partial charge in [-0.3, -0.25) is 29.8 Å². The molecule has 2 N–H and O–H groups in total. The molecule has 3 rings (SSSR count). The number of nitrogens with one attached hydrogen (secondary N) is 2. The van der Waals surface area contributed by atoms with E-state index in [9.17, 15) is 29.8 Å². The van der Waals surface area contributed by atoms with Gasteiger partial charge in [0.15, 0.2) is 0 Å². The highest BCUT2D eigenvalue weighted by molar-refractivity contribution is 5.90. The number of nitro groups is 2. The molecule has 0 aromatic carbocycles. The molecule has 110 valence electrons. The first kappa shape index (κ1) is 13.4. The number of nitrogens with zero attached hydrogens (tertiary/aromatic N) is 3. The van der Waals surface area contributed by atoms with E-state index >= 15 is 0 Å². The van der Waals surface area contributed by atoms with Crippen LogP contribution in [0.2, 0.25) is 0 Å². The number of fused-ring (bicyclic) bond motifs is 2. The molecule has 0 bridgehead atoms. The third-order valence-electron chi connectivity index (χ3n) is 3.03. The van der Waals surface area contributed by atoms with E-state index < -0.39 is 32.2 Å². The van der Waals surface area contributed by atoms with Gasteiger partial charge in [0, 0.05) is 11.5 Å². The van der Waals surface area contributed by atoms with E-state index in [-0.39, 0.29) is 22.1 Å². The molecule has 0 spiro atoms. The van der Waals surface area contributed by atoms with Crippen molar-refractivity contribution in [1.82, 2.24) is 15.0 Å². The fourth-order valence-electron chi connectivity index (χ4n) is 2.02. The van der Waals surface area contributed by atoms with Gasteiger partial charge in [-0.25, -0.2) is 4.98 Å². The van der Waals surface area contributed by atoms with Crippen molar-refractivity contribution in [2.45, 2.75) is 0 Å². The fraction of sp³-hybridized carbons (Fsp3) is 0. The molecule has 3 aromatic heterocycles. The second kappa shape index (κ2) is 4.44. The minimum Gasteiger partial charge on any atom is -0.340 e. The Morgan fingerprint density at radius 2 is 1.68 bits per heavy atom. The first-order valence-electron chi connectivity index (χ1n) is 5.77. The molecule has 11 nitrogen and oxygen atoms in total. The van der Waals surface area contributed by atoms with Crippen LogP contribution in [0.4, 0.5) is 11.4 Å². The van der Waals surface area contributed by atoms with E-state index in [4.69, 9.17) is 0 Å². The second-order valence-corrected chi connectivity index (χ2v) is 4.32. The van der Waals surface area contributed by atoms with Crippen molar-refractivity contribution in [3.05, 3.63) is 59.1 Å². The summed E-state index contributed by atoms with van der Waals surface area (Å²) < 4.78 is 0. The topological polar surface area (TPSA) is 165 Å². The number of hydrogen-bond donors (Lipinski definition) is 2. The molecule has 3 aromatic rings. The van der Waals surface area contributed by atoms with Gasteiger partial charge in [0.05, 0.1) is 21.4 Å². The second-order valence-electron chi connectivity index (χ2n) is 4.32. The summed E-state index contributed by atoms with van der Waals surface area (Å²) in [6.45, 7) is 0. The van der Waals surface area contributed by atoms with Crippen LogP contribution in [-0.2, 0) is 0 Å². The van der Waals surface area contributed by atoms with Crippen molar-refractivity contribution in [3.8, 4) is 0 Å². The van der Waals surface area contributed by atoms with Crippen molar-refractivity contribution >= 4 is 33.4 Å². The Balaban J connectivity index is 2.45. The highest BCUT2D eigenvalue weighted by atomic mass is 16.6. The normalized spacial score (nSPS) is 10.9. The van der Waals surface area contributed by atoms with Gasteiger partial charge in [-0.15, -0.1) is 0 Å². The molecule has 0 radical (unpaired) electrons. The number of rotatable bonds is 2. The summed E-state index contributed by atoms with van der Waals surface area (Å²) in [7, 11) is 0. The number of hydrogen-bond acceptors (Lipinski definition) is 7. The molecule has 0 saturated carbocycles.